The van der Waals surface area contributed by atoms with Crippen LogP contribution in [0.25, 0.3) is 27.6 Å². The summed E-state index contributed by atoms with van der Waals surface area (Å²) in [4.78, 5) is 47.3. The smallest absolute Gasteiger partial charge is 0.328 e. The number of Topliss-reactive ketones (excluding diaryl/α,β-unsaturated/α-hetero) is 1. The van der Waals surface area contributed by atoms with E-state index >= 15 is 0 Å². The summed E-state index contributed by atoms with van der Waals surface area (Å²) >= 11 is 0. The Morgan fingerprint density at radius 1 is 0.891 bits per heavy atom. The number of ether oxygens (including phenoxy) is 1. The quantitative estimate of drug-likeness (QED) is 0.142. The Morgan fingerprint density at radius 2 is 1.54 bits per heavy atom. The van der Waals surface area contributed by atoms with Crippen molar-refractivity contribution in [1.82, 2.24) is 9.47 Å². The van der Waals surface area contributed by atoms with Crippen LogP contribution in [0.3, 0.4) is 0 Å². The first kappa shape index (κ1) is 32.1. The van der Waals surface area contributed by atoms with E-state index < -0.39 is 17.9 Å². The largest absolute Gasteiger partial charge is 0.478 e. The molecule has 9 nitrogen and oxygen atoms in total. The summed E-state index contributed by atoms with van der Waals surface area (Å²) < 4.78 is 7.90. The number of ketones is 1. The molecule has 0 spiro atoms. The van der Waals surface area contributed by atoms with Crippen molar-refractivity contribution < 1.29 is 34.1 Å². The highest BCUT2D eigenvalue weighted by Crippen LogP contribution is 2.42. The number of carbonyl (C=O) groups excluding carboxylic acids is 2. The monoisotopic (exact) mass is 620 g/mol. The number of rotatable bonds is 8. The highest BCUT2D eigenvalue weighted by atomic mass is 16.5. The van der Waals surface area contributed by atoms with Gasteiger partial charge in [0.05, 0.1) is 5.92 Å². The average molecular weight is 621 g/mol. The lowest BCUT2D eigenvalue weighted by molar-refractivity contribution is -0.146. The molecule has 0 radical (unpaired) electrons. The van der Waals surface area contributed by atoms with Gasteiger partial charge in [-0.05, 0) is 61.2 Å². The first-order valence-electron chi connectivity index (χ1n) is 15.1. The molecular weight excluding hydrogens is 584 g/mol. The zero-order valence-electron chi connectivity index (χ0n) is 25.9. The van der Waals surface area contributed by atoms with Gasteiger partial charge in [0, 0.05) is 53.4 Å². The molecule has 2 N–H and O–H groups in total. The summed E-state index contributed by atoms with van der Waals surface area (Å²) in [6.07, 6.45) is 6.41. The van der Waals surface area contributed by atoms with Crippen LogP contribution in [0.2, 0.25) is 0 Å². The van der Waals surface area contributed by atoms with Crippen molar-refractivity contribution in [3.8, 4) is 11.1 Å². The second kappa shape index (κ2) is 13.8. The fourth-order valence-electron chi connectivity index (χ4n) is 6.11. The maximum atomic E-state index is 13.1. The molecule has 236 valence electrons. The van der Waals surface area contributed by atoms with Gasteiger partial charge in [-0.2, -0.15) is 0 Å². The molecule has 6 rings (SSSR count). The van der Waals surface area contributed by atoms with Crippen LogP contribution in [0, 0.1) is 5.92 Å². The van der Waals surface area contributed by atoms with Crippen LogP contribution in [0.1, 0.15) is 41.4 Å². The molecule has 1 aromatic heterocycles. The maximum Gasteiger partial charge on any atom is 0.328 e. The summed E-state index contributed by atoms with van der Waals surface area (Å²) in [7, 11) is 2.07. The molecule has 2 heterocycles. The van der Waals surface area contributed by atoms with Gasteiger partial charge >= 0.3 is 17.9 Å². The SMILES string of the molecule is CC(C)n1cc2c3c(cccc31)C1=C[C@@H](C(=O)OCC(=O)c3ccc(-c4ccccc4)cc3)CN(C)[C@@H]1C2.O=C(O)/C=C\C(=O)O. The normalized spacial score (nSPS) is 17.2. The number of aromatic nitrogens is 1. The van der Waals surface area contributed by atoms with Gasteiger partial charge in [-0.15, -0.1) is 0 Å². The molecule has 0 unspecified atom stereocenters. The van der Waals surface area contributed by atoms with Gasteiger partial charge in [-0.1, -0.05) is 72.8 Å². The number of nitrogens with zero attached hydrogens (tertiary/aromatic N) is 2. The third-order valence-electron chi connectivity index (χ3n) is 8.30. The summed E-state index contributed by atoms with van der Waals surface area (Å²) in [5.41, 5.74) is 7.66. The molecule has 3 aromatic carbocycles. The summed E-state index contributed by atoms with van der Waals surface area (Å²) in [6, 6.07) is 24.5. The number of carboxylic acids is 2. The summed E-state index contributed by atoms with van der Waals surface area (Å²) in [6.45, 7) is 4.73. The number of carbonyl (C=O) groups is 4. The van der Waals surface area contributed by atoms with Crippen LogP contribution in [-0.2, 0) is 25.5 Å². The third kappa shape index (κ3) is 7.00. The van der Waals surface area contributed by atoms with Crippen LogP contribution in [0.15, 0.2) is 97.2 Å². The number of hydrogen-bond donors (Lipinski definition) is 2. The highest BCUT2D eigenvalue weighted by Gasteiger charge is 2.36. The lowest BCUT2D eigenvalue weighted by Crippen LogP contribution is -2.44. The minimum absolute atomic E-state index is 0.199. The van der Waals surface area contributed by atoms with E-state index in [0.717, 1.165) is 17.5 Å². The van der Waals surface area contributed by atoms with E-state index in [1.54, 1.807) is 12.1 Å². The molecule has 0 saturated carbocycles. The van der Waals surface area contributed by atoms with E-state index in [-0.39, 0.29) is 24.4 Å². The number of likely N-dealkylation sites (N-methyl/N-ethyl adjacent to an activating group) is 1. The van der Waals surface area contributed by atoms with Crippen LogP contribution in [-0.4, -0.2) is 69.6 Å². The topological polar surface area (TPSA) is 126 Å². The fraction of sp³-hybridized carbons (Fsp3) is 0.243. The van der Waals surface area contributed by atoms with Crippen LogP contribution in [0.5, 0.6) is 0 Å². The van der Waals surface area contributed by atoms with E-state index in [1.165, 1.54) is 27.6 Å². The van der Waals surface area contributed by atoms with Gasteiger partial charge in [0.15, 0.2) is 12.4 Å². The predicted molar refractivity (Wildman–Crippen MR) is 175 cm³/mol. The van der Waals surface area contributed by atoms with Gasteiger partial charge < -0.3 is 19.5 Å². The lowest BCUT2D eigenvalue weighted by Gasteiger charge is -2.39. The Bertz CT molecular complexity index is 1820. The molecule has 4 aromatic rings. The minimum Gasteiger partial charge on any atom is -0.478 e. The van der Waals surface area contributed by atoms with Crippen molar-refractivity contribution in [2.45, 2.75) is 32.4 Å². The zero-order chi connectivity index (χ0) is 33.0. The number of hydrogen-bond acceptors (Lipinski definition) is 6. The Kier molecular flexibility index (Phi) is 9.63. The molecule has 2 atom stereocenters. The van der Waals surface area contributed by atoms with Gasteiger partial charge in [0.2, 0.25) is 0 Å². The maximum absolute atomic E-state index is 13.1. The van der Waals surface area contributed by atoms with Crippen molar-refractivity contribution in [3.05, 3.63) is 114 Å². The lowest BCUT2D eigenvalue weighted by atomic mass is 9.80. The van der Waals surface area contributed by atoms with Crippen molar-refractivity contribution >= 4 is 40.2 Å². The number of aliphatic carboxylic acids is 2. The average Bonchev–Trinajstić information content (AvgIpc) is 3.43. The fourth-order valence-corrected chi connectivity index (χ4v) is 6.11. The van der Waals surface area contributed by atoms with Crippen molar-refractivity contribution in [2.75, 3.05) is 20.2 Å². The first-order valence-corrected chi connectivity index (χ1v) is 15.1. The van der Waals surface area contributed by atoms with Crippen LogP contribution in [0.4, 0.5) is 0 Å². The molecular formula is C37H36N2O7. The number of fused-ring (bicyclic) bond motifs is 2. The molecule has 1 aliphatic heterocycles. The summed E-state index contributed by atoms with van der Waals surface area (Å²) in [5, 5.41) is 16.9. The summed E-state index contributed by atoms with van der Waals surface area (Å²) in [5.74, 6) is -3.48. The molecule has 0 bridgehead atoms. The van der Waals surface area contributed by atoms with Gasteiger partial charge in [0.1, 0.15) is 0 Å². The van der Waals surface area contributed by atoms with E-state index in [4.69, 9.17) is 14.9 Å². The second-order valence-electron chi connectivity index (χ2n) is 11.7. The van der Waals surface area contributed by atoms with Crippen LogP contribution < -0.4 is 0 Å². The van der Waals surface area contributed by atoms with Gasteiger partial charge in [-0.25, -0.2) is 9.59 Å². The standard InChI is InChI=1S/C33H32N2O3.C4H4O4/c1-21(2)35-19-25-17-30-28(27-10-7-11-29(35)32(25)27)16-26(18-34(30)3)33(37)38-20-31(36)24-14-12-23(13-15-24)22-8-5-4-6-9-22;5-3(6)1-2-4(7)8/h4-16,19,21,26,30H,17-18,20H2,1-3H3;1-2H,(H,5,6)(H,7,8)/b;2-1-/t26-,30-;/m1./s1. The molecule has 0 fully saturated rings. The molecule has 1 aliphatic carbocycles. The Hall–Kier alpha value is -5.28. The Labute approximate surface area is 267 Å². The highest BCUT2D eigenvalue weighted by molar-refractivity contribution is 6.00. The molecule has 2 aliphatic rings. The Balaban J connectivity index is 0.000000463. The van der Waals surface area contributed by atoms with Crippen molar-refractivity contribution in [3.63, 3.8) is 0 Å². The number of esters is 1. The van der Waals surface area contributed by atoms with E-state index in [0.29, 0.717) is 30.3 Å². The van der Waals surface area contributed by atoms with E-state index in [9.17, 15) is 19.2 Å². The zero-order valence-corrected chi connectivity index (χ0v) is 25.9. The van der Waals surface area contributed by atoms with Gasteiger partial charge in [0.25, 0.3) is 0 Å². The van der Waals surface area contributed by atoms with E-state index in [1.807, 2.05) is 42.5 Å². The van der Waals surface area contributed by atoms with Crippen LogP contribution >= 0.6 is 0 Å². The molecule has 0 saturated heterocycles. The van der Waals surface area contributed by atoms with Crippen molar-refractivity contribution in [2.24, 2.45) is 5.92 Å². The Morgan fingerprint density at radius 3 is 2.17 bits per heavy atom. The number of benzene rings is 3. The minimum atomic E-state index is -1.26. The second-order valence-corrected chi connectivity index (χ2v) is 11.7. The molecule has 9 heteroatoms. The molecule has 46 heavy (non-hydrogen) atoms. The van der Waals surface area contributed by atoms with E-state index in [2.05, 4.69) is 60.8 Å². The first-order chi connectivity index (χ1) is 22.0. The third-order valence-corrected chi connectivity index (χ3v) is 8.30. The predicted octanol–water partition coefficient (Wildman–Crippen LogP) is 5.90. The van der Waals surface area contributed by atoms with Gasteiger partial charge in [-0.3, -0.25) is 14.5 Å². The van der Waals surface area contributed by atoms with Crippen molar-refractivity contribution in [1.29, 1.82) is 0 Å². The number of carboxylic acid groups (broad SMARTS) is 2. The molecule has 0 amide bonds.